The molecule has 1 aliphatic rings. The minimum Gasteiger partial charge on any atom is -0.378 e. The van der Waals surface area contributed by atoms with E-state index in [1.165, 1.54) is 24.3 Å². The number of hydrogen-bond acceptors (Lipinski definition) is 5. The number of allylic oxidation sites excluding steroid dienone is 4. The zero-order valence-corrected chi connectivity index (χ0v) is 8.23. The van der Waals surface area contributed by atoms with Crippen molar-refractivity contribution in [3.8, 4) is 12.1 Å². The van der Waals surface area contributed by atoms with Crippen molar-refractivity contribution in [2.75, 3.05) is 6.54 Å². The lowest BCUT2D eigenvalue weighted by atomic mass is 10.1. The van der Waals surface area contributed by atoms with Crippen molar-refractivity contribution >= 4 is 11.6 Å². The van der Waals surface area contributed by atoms with E-state index in [-0.39, 0.29) is 29.4 Å². The third-order valence-electron chi connectivity index (χ3n) is 1.79. The zero-order chi connectivity index (χ0) is 12.0. The third-order valence-corrected chi connectivity index (χ3v) is 1.79. The average Bonchev–Trinajstić information content (AvgIpc) is 2.29. The summed E-state index contributed by atoms with van der Waals surface area (Å²) in [6.07, 6.45) is 4.87. The Labute approximate surface area is 92.0 Å². The molecule has 0 radical (unpaired) electrons. The Kier molecular flexibility index (Phi) is 3.77. The molecule has 0 aromatic carbocycles. The fourth-order valence-corrected chi connectivity index (χ4v) is 1.03. The summed E-state index contributed by atoms with van der Waals surface area (Å²) in [5.41, 5.74) is 0.122. The normalized spacial score (nSPS) is 13.5. The van der Waals surface area contributed by atoms with Crippen molar-refractivity contribution in [2.24, 2.45) is 0 Å². The van der Waals surface area contributed by atoms with Gasteiger partial charge in [0.25, 0.3) is 0 Å². The minimum absolute atomic E-state index is 0.0433. The second-order valence-electron chi connectivity index (χ2n) is 2.88. The summed E-state index contributed by atoms with van der Waals surface area (Å²) in [5.74, 6) is -0.574. The van der Waals surface area contributed by atoms with Gasteiger partial charge in [0.1, 0.15) is 17.7 Å². The van der Waals surface area contributed by atoms with Gasteiger partial charge < -0.3 is 5.32 Å². The Morgan fingerprint density at radius 2 is 2.00 bits per heavy atom. The molecule has 0 aliphatic heterocycles. The zero-order valence-electron chi connectivity index (χ0n) is 8.23. The first-order valence-electron chi connectivity index (χ1n) is 4.39. The number of nitrogens with one attached hydrogen (secondary N) is 1. The summed E-state index contributed by atoms with van der Waals surface area (Å²) < 4.78 is 0. The maximum absolute atomic E-state index is 11.2. The molecule has 0 saturated carbocycles. The molecule has 78 valence electrons. The lowest BCUT2D eigenvalue weighted by Crippen LogP contribution is -2.22. The molecular formula is C11H7N3O2. The highest BCUT2D eigenvalue weighted by Crippen LogP contribution is 2.01. The molecule has 0 fully saturated rings. The Balaban J connectivity index is 2.61. The summed E-state index contributed by atoms with van der Waals surface area (Å²) in [6, 6.07) is 3.37. The molecule has 5 nitrogen and oxygen atoms in total. The van der Waals surface area contributed by atoms with E-state index in [0.717, 1.165) is 0 Å². The lowest BCUT2D eigenvalue weighted by Gasteiger charge is -2.07. The fraction of sp³-hybridized carbons (Fsp3) is 0.0909. The number of nitriles is 2. The van der Waals surface area contributed by atoms with Crippen LogP contribution in [0.3, 0.4) is 0 Å². The van der Waals surface area contributed by atoms with Gasteiger partial charge in [-0.2, -0.15) is 10.5 Å². The molecule has 0 spiro atoms. The molecule has 0 saturated heterocycles. The van der Waals surface area contributed by atoms with Gasteiger partial charge in [-0.1, -0.05) is 0 Å². The van der Waals surface area contributed by atoms with Gasteiger partial charge in [0.2, 0.25) is 5.78 Å². The predicted octanol–water partition coefficient (Wildman–Crippen LogP) is 0.141. The Hall–Kier alpha value is -2.66. The van der Waals surface area contributed by atoms with Crippen LogP contribution < -0.4 is 5.32 Å². The molecule has 0 aromatic rings. The molecule has 0 aromatic heterocycles. The van der Waals surface area contributed by atoms with Crippen LogP contribution in [0.5, 0.6) is 0 Å². The second-order valence-corrected chi connectivity index (χ2v) is 2.88. The molecule has 1 aliphatic carbocycles. The Bertz CT molecular complexity index is 482. The van der Waals surface area contributed by atoms with Crippen LogP contribution in [0.15, 0.2) is 35.6 Å². The highest BCUT2D eigenvalue weighted by molar-refractivity contribution is 6.16. The highest BCUT2D eigenvalue weighted by atomic mass is 16.1. The van der Waals surface area contributed by atoms with E-state index in [0.29, 0.717) is 0 Å². The van der Waals surface area contributed by atoms with Gasteiger partial charge in [-0.05, 0) is 18.2 Å². The van der Waals surface area contributed by atoms with Gasteiger partial charge in [0.15, 0.2) is 5.78 Å². The molecule has 0 bridgehead atoms. The van der Waals surface area contributed by atoms with Crippen LogP contribution in [0.2, 0.25) is 0 Å². The number of rotatable bonds is 3. The summed E-state index contributed by atoms with van der Waals surface area (Å²) in [5, 5.41) is 19.5. The predicted molar refractivity (Wildman–Crippen MR) is 54.5 cm³/mol. The van der Waals surface area contributed by atoms with Crippen LogP contribution in [-0.4, -0.2) is 18.1 Å². The van der Waals surface area contributed by atoms with Gasteiger partial charge in [-0.3, -0.25) is 9.59 Å². The molecular weight excluding hydrogens is 206 g/mol. The smallest absolute Gasteiger partial charge is 0.201 e. The third kappa shape index (κ3) is 2.93. The maximum Gasteiger partial charge on any atom is 0.201 e. The number of carbonyl (C=O) groups excluding carboxylic acids is 2. The molecule has 1 rings (SSSR count). The van der Waals surface area contributed by atoms with Crippen LogP contribution in [0.4, 0.5) is 0 Å². The molecule has 16 heavy (non-hydrogen) atoms. The monoisotopic (exact) mass is 213 g/mol. The van der Waals surface area contributed by atoms with Crippen molar-refractivity contribution in [3.63, 3.8) is 0 Å². The number of hydrogen-bond donors (Lipinski definition) is 1. The first-order chi connectivity index (χ1) is 7.67. The highest BCUT2D eigenvalue weighted by Gasteiger charge is 2.11. The van der Waals surface area contributed by atoms with Crippen LogP contribution in [0.1, 0.15) is 0 Å². The molecule has 0 unspecified atom stereocenters. The molecule has 0 amide bonds. The minimum atomic E-state index is -0.302. The van der Waals surface area contributed by atoms with Gasteiger partial charge in [-0.25, -0.2) is 0 Å². The van der Waals surface area contributed by atoms with E-state index in [2.05, 4.69) is 5.32 Å². The Morgan fingerprint density at radius 3 is 2.62 bits per heavy atom. The quantitative estimate of drug-likeness (QED) is 0.531. The molecule has 5 heteroatoms. The summed E-state index contributed by atoms with van der Waals surface area (Å²) in [7, 11) is 0. The molecule has 1 N–H and O–H groups in total. The molecule has 0 heterocycles. The van der Waals surface area contributed by atoms with Gasteiger partial charge >= 0.3 is 0 Å². The van der Waals surface area contributed by atoms with Crippen molar-refractivity contribution in [3.05, 3.63) is 35.6 Å². The van der Waals surface area contributed by atoms with Crippen LogP contribution >= 0.6 is 0 Å². The topological polar surface area (TPSA) is 93.8 Å². The SMILES string of the molecule is N#CC(C#N)=CCNC1=CC(=O)C=CC1=O. The van der Waals surface area contributed by atoms with Gasteiger partial charge in [0, 0.05) is 12.6 Å². The summed E-state index contributed by atoms with van der Waals surface area (Å²) in [6.45, 7) is 0.148. The van der Waals surface area contributed by atoms with E-state index in [4.69, 9.17) is 10.5 Å². The van der Waals surface area contributed by atoms with E-state index in [1.54, 1.807) is 12.1 Å². The van der Waals surface area contributed by atoms with Crippen LogP contribution in [0, 0.1) is 22.7 Å². The summed E-state index contributed by atoms with van der Waals surface area (Å²) in [4.78, 5) is 22.2. The van der Waals surface area contributed by atoms with Crippen molar-refractivity contribution in [1.29, 1.82) is 10.5 Å². The van der Waals surface area contributed by atoms with Gasteiger partial charge in [-0.15, -0.1) is 0 Å². The van der Waals surface area contributed by atoms with E-state index in [9.17, 15) is 9.59 Å². The lowest BCUT2D eigenvalue weighted by molar-refractivity contribution is -0.114. The average molecular weight is 213 g/mol. The summed E-state index contributed by atoms with van der Waals surface area (Å²) >= 11 is 0. The number of carbonyl (C=O) groups is 2. The number of nitrogens with zero attached hydrogens (tertiary/aromatic N) is 2. The number of ketones is 2. The van der Waals surface area contributed by atoms with E-state index >= 15 is 0 Å². The fourth-order valence-electron chi connectivity index (χ4n) is 1.03. The van der Waals surface area contributed by atoms with Crippen molar-refractivity contribution in [1.82, 2.24) is 5.32 Å². The first-order valence-corrected chi connectivity index (χ1v) is 4.39. The first kappa shape index (κ1) is 11.4. The van der Waals surface area contributed by atoms with Gasteiger partial charge in [0.05, 0.1) is 5.70 Å². The second kappa shape index (κ2) is 5.28. The van der Waals surface area contributed by atoms with Crippen LogP contribution in [0.25, 0.3) is 0 Å². The standard InChI is InChI=1S/C11H7N3O2/c12-6-8(7-13)3-4-14-10-5-9(15)1-2-11(10)16/h1-3,5,14H,4H2. The van der Waals surface area contributed by atoms with Crippen molar-refractivity contribution < 1.29 is 9.59 Å². The maximum atomic E-state index is 11.2. The van der Waals surface area contributed by atoms with E-state index < -0.39 is 0 Å². The Morgan fingerprint density at radius 1 is 1.31 bits per heavy atom. The molecule has 0 atom stereocenters. The van der Waals surface area contributed by atoms with Crippen molar-refractivity contribution in [2.45, 2.75) is 0 Å². The van der Waals surface area contributed by atoms with E-state index in [1.807, 2.05) is 0 Å². The largest absolute Gasteiger partial charge is 0.378 e. The van der Waals surface area contributed by atoms with Crippen LogP contribution in [-0.2, 0) is 9.59 Å².